The van der Waals surface area contributed by atoms with E-state index in [0.717, 1.165) is 11.1 Å². The quantitative estimate of drug-likeness (QED) is 0.166. The number of nitrogens with two attached hydrogens (primary N) is 1. The summed E-state index contributed by atoms with van der Waals surface area (Å²) in [4.78, 5) is 86.6. The highest BCUT2D eigenvalue weighted by Gasteiger charge is 2.32. The highest BCUT2D eigenvalue weighted by Crippen LogP contribution is 2.15. The first-order chi connectivity index (χ1) is 19.5. The summed E-state index contributed by atoms with van der Waals surface area (Å²) in [6.07, 6.45) is 1.69. The lowest BCUT2D eigenvalue weighted by Crippen LogP contribution is -2.37. The molecule has 0 aliphatic carbocycles. The Balaban J connectivity index is 1.52. The molecule has 1 unspecified atom stereocenters. The SMILES string of the molecule is CC(C)=C(/C=N\c1nc(N)[nH]c(=O)c1C)CNc1ccc(C(=O)NC(C=O)CCC(=O)ON2C(=O)CCC2=O)cc1. The van der Waals surface area contributed by atoms with E-state index in [1.807, 2.05) is 13.8 Å². The van der Waals surface area contributed by atoms with Crippen LogP contribution in [0.1, 0.15) is 55.5 Å². The van der Waals surface area contributed by atoms with Crippen molar-refractivity contribution in [1.82, 2.24) is 20.3 Å². The van der Waals surface area contributed by atoms with Crippen LogP contribution in [0.2, 0.25) is 0 Å². The van der Waals surface area contributed by atoms with E-state index < -0.39 is 29.7 Å². The van der Waals surface area contributed by atoms with Crippen LogP contribution in [0, 0.1) is 6.92 Å². The van der Waals surface area contributed by atoms with Crippen molar-refractivity contribution in [3.8, 4) is 0 Å². The minimum Gasteiger partial charge on any atom is -0.381 e. The lowest BCUT2D eigenvalue weighted by atomic mass is 10.1. The summed E-state index contributed by atoms with van der Waals surface area (Å²) in [5.41, 5.74) is 8.42. The normalized spacial score (nSPS) is 13.7. The summed E-state index contributed by atoms with van der Waals surface area (Å²) < 4.78 is 0. The van der Waals surface area contributed by atoms with Crippen LogP contribution in [-0.4, -0.2) is 63.8 Å². The smallest absolute Gasteiger partial charge is 0.333 e. The van der Waals surface area contributed by atoms with Crippen LogP contribution >= 0.6 is 0 Å². The summed E-state index contributed by atoms with van der Waals surface area (Å²) in [5.74, 6) is -2.39. The third-order valence-electron chi connectivity index (χ3n) is 6.10. The number of amides is 3. The Labute approximate surface area is 235 Å². The number of nitrogens with zero attached hydrogens (tertiary/aromatic N) is 3. The molecule has 0 bridgehead atoms. The second-order valence-corrected chi connectivity index (χ2v) is 9.41. The van der Waals surface area contributed by atoms with E-state index in [9.17, 15) is 28.8 Å². The molecular weight excluding hydrogens is 534 g/mol. The number of anilines is 2. The van der Waals surface area contributed by atoms with Crippen LogP contribution in [0.15, 0.2) is 45.2 Å². The molecule has 1 fully saturated rings. The predicted octanol–water partition coefficient (Wildman–Crippen LogP) is 1.50. The number of aromatic nitrogens is 2. The van der Waals surface area contributed by atoms with Gasteiger partial charge in [-0.3, -0.25) is 24.2 Å². The summed E-state index contributed by atoms with van der Waals surface area (Å²) in [6, 6.07) is 5.54. The van der Waals surface area contributed by atoms with Gasteiger partial charge in [0.15, 0.2) is 5.82 Å². The number of nitrogen functional groups attached to an aromatic ring is 1. The maximum Gasteiger partial charge on any atom is 0.333 e. The van der Waals surface area contributed by atoms with Gasteiger partial charge in [-0.05, 0) is 57.0 Å². The van der Waals surface area contributed by atoms with Gasteiger partial charge in [-0.25, -0.2) is 9.79 Å². The second-order valence-electron chi connectivity index (χ2n) is 9.41. The number of hydrogen-bond donors (Lipinski definition) is 4. The van der Waals surface area contributed by atoms with Gasteiger partial charge in [-0.15, -0.1) is 5.06 Å². The Hall–Kier alpha value is -5.14. The number of nitrogens with one attached hydrogen (secondary N) is 3. The summed E-state index contributed by atoms with van der Waals surface area (Å²) in [5, 5.41) is 6.20. The van der Waals surface area contributed by atoms with Crippen molar-refractivity contribution in [3.05, 3.63) is 56.9 Å². The first-order valence-electron chi connectivity index (χ1n) is 12.7. The number of allylic oxidation sites excluding steroid dienone is 1. The van der Waals surface area contributed by atoms with Gasteiger partial charge in [0.2, 0.25) is 5.95 Å². The van der Waals surface area contributed by atoms with Gasteiger partial charge in [-0.1, -0.05) is 5.57 Å². The van der Waals surface area contributed by atoms with Gasteiger partial charge in [-0.2, -0.15) is 4.98 Å². The highest BCUT2D eigenvalue weighted by molar-refractivity contribution is 6.01. The molecule has 14 nitrogen and oxygen atoms in total. The number of hydroxylamine groups is 2. The molecular formula is C27H31N7O7. The first kappa shape index (κ1) is 30.4. The Morgan fingerprint density at radius 1 is 1.17 bits per heavy atom. The van der Waals surface area contributed by atoms with Gasteiger partial charge in [0, 0.05) is 36.9 Å². The average molecular weight is 566 g/mol. The third-order valence-corrected chi connectivity index (χ3v) is 6.10. The molecule has 1 aromatic carbocycles. The number of aromatic amines is 1. The van der Waals surface area contributed by atoms with E-state index in [4.69, 9.17) is 10.6 Å². The van der Waals surface area contributed by atoms with Crippen LogP contribution in [-0.2, 0) is 24.0 Å². The minimum atomic E-state index is -0.981. The van der Waals surface area contributed by atoms with E-state index in [1.165, 1.54) is 0 Å². The van der Waals surface area contributed by atoms with Crippen molar-refractivity contribution >= 4 is 53.6 Å². The molecule has 0 spiro atoms. The number of carbonyl (C=O) groups excluding carboxylic acids is 5. The van der Waals surface area contributed by atoms with Crippen molar-refractivity contribution < 1.29 is 28.8 Å². The first-order valence-corrected chi connectivity index (χ1v) is 12.7. The Bertz CT molecular complexity index is 1440. The van der Waals surface area contributed by atoms with Crippen molar-refractivity contribution in [2.24, 2.45) is 4.99 Å². The molecule has 1 aromatic heterocycles. The molecule has 41 heavy (non-hydrogen) atoms. The lowest BCUT2D eigenvalue weighted by Gasteiger charge is -2.15. The van der Waals surface area contributed by atoms with Crippen LogP contribution in [0.4, 0.5) is 17.5 Å². The van der Waals surface area contributed by atoms with Gasteiger partial charge < -0.3 is 26.0 Å². The average Bonchev–Trinajstić information content (AvgIpc) is 3.25. The topological polar surface area (TPSA) is 206 Å². The van der Waals surface area contributed by atoms with Gasteiger partial charge in [0.1, 0.15) is 6.29 Å². The van der Waals surface area contributed by atoms with Crippen LogP contribution in [0.5, 0.6) is 0 Å². The number of carbonyl (C=O) groups is 5. The monoisotopic (exact) mass is 565 g/mol. The molecule has 2 aromatic rings. The van der Waals surface area contributed by atoms with Crippen molar-refractivity contribution in [1.29, 1.82) is 0 Å². The van der Waals surface area contributed by atoms with Crippen molar-refractivity contribution in [3.63, 3.8) is 0 Å². The van der Waals surface area contributed by atoms with E-state index in [2.05, 4.69) is 25.6 Å². The highest BCUT2D eigenvalue weighted by atomic mass is 16.7. The fourth-order valence-electron chi connectivity index (χ4n) is 3.60. The zero-order chi connectivity index (χ0) is 30.1. The van der Waals surface area contributed by atoms with Crippen molar-refractivity contribution in [2.45, 2.75) is 52.5 Å². The number of hydrogen-bond acceptors (Lipinski definition) is 11. The van der Waals surface area contributed by atoms with Crippen LogP contribution in [0.25, 0.3) is 0 Å². The Morgan fingerprint density at radius 2 is 1.83 bits per heavy atom. The standard InChI is InChI=1S/C27H31N7O7/c1-15(2)18(13-30-24-16(3)25(39)33-27(28)32-24)12-29-19-6-4-17(5-7-19)26(40)31-20(14-35)8-11-23(38)41-34-21(36)9-10-22(34)37/h4-7,13-14,20,29H,8-12H2,1-3H3,(H,31,40)(H3,28,32,33,39)/b30-13-. The number of aldehydes is 1. The summed E-state index contributed by atoms with van der Waals surface area (Å²) in [7, 11) is 0. The molecule has 1 aliphatic heterocycles. The molecule has 3 rings (SSSR count). The van der Waals surface area contributed by atoms with E-state index >= 15 is 0 Å². The number of rotatable bonds is 12. The molecule has 5 N–H and O–H groups in total. The molecule has 1 aliphatic rings. The largest absolute Gasteiger partial charge is 0.381 e. The Kier molecular flexibility index (Phi) is 10.2. The van der Waals surface area contributed by atoms with Crippen LogP contribution < -0.4 is 21.9 Å². The fraction of sp³-hybridized carbons (Fsp3) is 0.333. The van der Waals surface area contributed by atoms with E-state index in [1.54, 1.807) is 37.4 Å². The minimum absolute atomic E-state index is 0.0244. The van der Waals surface area contributed by atoms with Gasteiger partial charge in [0.05, 0.1) is 18.0 Å². The van der Waals surface area contributed by atoms with Crippen molar-refractivity contribution in [2.75, 3.05) is 17.6 Å². The third kappa shape index (κ3) is 8.42. The number of aliphatic imine (C=N–C) groups is 1. The number of benzene rings is 1. The maximum atomic E-state index is 12.6. The zero-order valence-corrected chi connectivity index (χ0v) is 22.9. The molecule has 3 amide bonds. The summed E-state index contributed by atoms with van der Waals surface area (Å²) in [6.45, 7) is 5.82. The fourth-order valence-corrected chi connectivity index (χ4v) is 3.60. The van der Waals surface area contributed by atoms with E-state index in [0.29, 0.717) is 29.1 Å². The molecule has 1 saturated heterocycles. The van der Waals surface area contributed by atoms with Gasteiger partial charge >= 0.3 is 5.97 Å². The molecule has 1 atom stereocenters. The van der Waals surface area contributed by atoms with Gasteiger partial charge in [0.25, 0.3) is 23.3 Å². The number of H-pyrrole nitrogens is 1. The maximum absolute atomic E-state index is 12.6. The van der Waals surface area contributed by atoms with Crippen LogP contribution in [0.3, 0.4) is 0 Å². The molecule has 2 heterocycles. The molecule has 0 radical (unpaired) electrons. The second kappa shape index (κ2) is 13.8. The lowest BCUT2D eigenvalue weighted by molar-refractivity contribution is -0.197. The summed E-state index contributed by atoms with van der Waals surface area (Å²) >= 11 is 0. The number of imide groups is 1. The molecule has 0 saturated carbocycles. The molecule has 216 valence electrons. The molecule has 14 heteroatoms. The zero-order valence-electron chi connectivity index (χ0n) is 22.9. The predicted molar refractivity (Wildman–Crippen MR) is 149 cm³/mol. The Morgan fingerprint density at radius 3 is 2.44 bits per heavy atom. The van der Waals surface area contributed by atoms with E-state index in [-0.39, 0.29) is 48.6 Å².